The van der Waals surface area contributed by atoms with Crippen molar-refractivity contribution in [3.05, 3.63) is 35.9 Å². The summed E-state index contributed by atoms with van der Waals surface area (Å²) in [5, 5.41) is 10.6. The third-order valence-corrected chi connectivity index (χ3v) is 3.31. The fourth-order valence-corrected chi connectivity index (χ4v) is 2.08. The Bertz CT molecular complexity index is 697. The lowest BCUT2D eigenvalue weighted by molar-refractivity contribution is 0.195. The Labute approximate surface area is 133 Å². The van der Waals surface area contributed by atoms with E-state index < -0.39 is 6.09 Å². The summed E-state index contributed by atoms with van der Waals surface area (Å²) >= 11 is 0. The molecule has 0 bridgehead atoms. The number of ether oxygens (including phenoxy) is 1. The number of nitrogens with one attached hydrogen (secondary N) is 2. The van der Waals surface area contributed by atoms with Gasteiger partial charge in [0.15, 0.2) is 0 Å². The van der Waals surface area contributed by atoms with Gasteiger partial charge in [0.1, 0.15) is 18.2 Å². The number of nitrogens with zero attached hydrogens (tertiary/aromatic N) is 1. The third kappa shape index (κ3) is 4.98. The number of unbranched alkanes of at least 4 members (excludes halogenated alkanes) is 1. The van der Waals surface area contributed by atoms with Crippen molar-refractivity contribution in [3.8, 4) is 5.75 Å². The molecule has 0 fully saturated rings. The van der Waals surface area contributed by atoms with Gasteiger partial charge in [0.05, 0.1) is 17.4 Å². The fourth-order valence-electron chi connectivity index (χ4n) is 2.08. The summed E-state index contributed by atoms with van der Waals surface area (Å²) in [5.41, 5.74) is 1.93. The van der Waals surface area contributed by atoms with Crippen LogP contribution in [0.5, 0.6) is 5.75 Å². The van der Waals surface area contributed by atoms with Gasteiger partial charge >= 0.3 is 6.09 Å². The Kier molecular flexibility index (Phi) is 5.96. The number of carboxylic acid groups (broad SMARTS) is 1. The van der Waals surface area contributed by atoms with Crippen LogP contribution >= 0.6 is 0 Å². The first-order valence-corrected chi connectivity index (χ1v) is 7.48. The van der Waals surface area contributed by atoms with Crippen LogP contribution in [0.1, 0.15) is 25.6 Å². The van der Waals surface area contributed by atoms with Gasteiger partial charge < -0.3 is 20.1 Å². The lowest BCUT2D eigenvalue weighted by atomic mass is 10.2. The molecule has 1 aromatic carbocycles. The van der Waals surface area contributed by atoms with Crippen molar-refractivity contribution < 1.29 is 19.0 Å². The second-order valence-corrected chi connectivity index (χ2v) is 5.18. The molecule has 2 aromatic rings. The standard InChI is InChI=1S/C16H20FN3O3/c1-2-3-4-15-19-13-6-5-12(7-14(13)20-15)23-10-11(8-17)9-18-16(21)22/h5-8,18H,2-4,9-10H2,1H3,(H,19,20)(H,21,22)/b11-8+. The number of hydrogen-bond donors (Lipinski definition) is 3. The van der Waals surface area contributed by atoms with Crippen LogP contribution in [0.4, 0.5) is 9.18 Å². The maximum atomic E-state index is 12.7. The SMILES string of the molecule is CCCCc1nc2ccc(OC/C(=C/F)CNC(=O)O)cc2[nH]1. The number of imidazole rings is 1. The Morgan fingerprint density at radius 3 is 3.04 bits per heavy atom. The van der Waals surface area contributed by atoms with E-state index in [1.807, 2.05) is 6.07 Å². The van der Waals surface area contributed by atoms with E-state index in [0.717, 1.165) is 36.1 Å². The number of halogens is 1. The predicted molar refractivity (Wildman–Crippen MR) is 85.4 cm³/mol. The smallest absolute Gasteiger partial charge is 0.404 e. The molecule has 7 heteroatoms. The van der Waals surface area contributed by atoms with E-state index in [-0.39, 0.29) is 18.7 Å². The van der Waals surface area contributed by atoms with Crippen LogP contribution in [0.15, 0.2) is 30.1 Å². The number of fused-ring (bicyclic) bond motifs is 1. The second kappa shape index (κ2) is 8.17. The quantitative estimate of drug-likeness (QED) is 0.695. The molecule has 0 unspecified atom stereocenters. The van der Waals surface area contributed by atoms with Gasteiger partial charge in [-0.15, -0.1) is 0 Å². The number of amides is 1. The van der Waals surface area contributed by atoms with Gasteiger partial charge in [-0.05, 0) is 18.6 Å². The molecule has 0 radical (unpaired) electrons. The van der Waals surface area contributed by atoms with Crippen molar-refractivity contribution in [2.75, 3.05) is 13.2 Å². The monoisotopic (exact) mass is 321 g/mol. The molecule has 1 heterocycles. The number of aromatic nitrogens is 2. The highest BCUT2D eigenvalue weighted by Gasteiger charge is 2.06. The molecule has 2 rings (SSSR count). The minimum absolute atomic E-state index is 0.0287. The van der Waals surface area contributed by atoms with Gasteiger partial charge in [0.2, 0.25) is 0 Å². The molecule has 0 atom stereocenters. The Balaban J connectivity index is 1.98. The summed E-state index contributed by atoms with van der Waals surface area (Å²) in [6.07, 6.45) is 2.23. The zero-order valence-corrected chi connectivity index (χ0v) is 12.9. The largest absolute Gasteiger partial charge is 0.489 e. The summed E-state index contributed by atoms with van der Waals surface area (Å²) < 4.78 is 18.2. The first-order chi connectivity index (χ1) is 11.1. The summed E-state index contributed by atoms with van der Waals surface area (Å²) in [4.78, 5) is 18.1. The fraction of sp³-hybridized carbons (Fsp3) is 0.375. The van der Waals surface area contributed by atoms with Crippen molar-refractivity contribution in [2.45, 2.75) is 26.2 Å². The highest BCUT2D eigenvalue weighted by molar-refractivity contribution is 5.76. The predicted octanol–water partition coefficient (Wildman–Crippen LogP) is 3.41. The number of rotatable bonds is 8. The first kappa shape index (κ1) is 16.8. The van der Waals surface area contributed by atoms with E-state index in [0.29, 0.717) is 12.1 Å². The Hall–Kier alpha value is -2.57. The number of hydrogen-bond acceptors (Lipinski definition) is 3. The summed E-state index contributed by atoms with van der Waals surface area (Å²) in [7, 11) is 0. The average Bonchev–Trinajstić information content (AvgIpc) is 2.94. The van der Waals surface area contributed by atoms with Crippen LogP contribution in [0.25, 0.3) is 11.0 Å². The topological polar surface area (TPSA) is 87.2 Å². The summed E-state index contributed by atoms with van der Waals surface area (Å²) in [6, 6.07) is 5.40. The van der Waals surface area contributed by atoms with E-state index in [1.54, 1.807) is 12.1 Å². The number of H-pyrrole nitrogens is 1. The van der Waals surface area contributed by atoms with Crippen molar-refractivity contribution >= 4 is 17.1 Å². The lowest BCUT2D eigenvalue weighted by Crippen LogP contribution is -2.25. The molecular weight excluding hydrogens is 301 g/mol. The summed E-state index contributed by atoms with van der Waals surface area (Å²) in [6.45, 7) is 1.99. The maximum Gasteiger partial charge on any atom is 0.404 e. The van der Waals surface area contributed by atoms with Crippen molar-refractivity contribution in [1.82, 2.24) is 15.3 Å². The van der Waals surface area contributed by atoms with E-state index in [2.05, 4.69) is 22.2 Å². The zero-order valence-electron chi connectivity index (χ0n) is 12.9. The van der Waals surface area contributed by atoms with Crippen molar-refractivity contribution in [3.63, 3.8) is 0 Å². The molecule has 124 valence electrons. The van der Waals surface area contributed by atoms with Crippen LogP contribution < -0.4 is 10.1 Å². The van der Waals surface area contributed by atoms with Crippen LogP contribution in [-0.4, -0.2) is 34.3 Å². The minimum Gasteiger partial charge on any atom is -0.489 e. The average molecular weight is 321 g/mol. The van der Waals surface area contributed by atoms with Gasteiger partial charge in [-0.3, -0.25) is 0 Å². The van der Waals surface area contributed by atoms with Gasteiger partial charge in [0, 0.05) is 24.6 Å². The number of aromatic amines is 1. The number of aryl methyl sites for hydroxylation is 1. The van der Waals surface area contributed by atoms with Crippen LogP contribution in [-0.2, 0) is 6.42 Å². The minimum atomic E-state index is -1.21. The molecule has 0 spiro atoms. The lowest BCUT2D eigenvalue weighted by Gasteiger charge is -2.08. The molecule has 6 nitrogen and oxygen atoms in total. The third-order valence-electron chi connectivity index (χ3n) is 3.31. The van der Waals surface area contributed by atoms with E-state index in [9.17, 15) is 9.18 Å². The summed E-state index contributed by atoms with van der Waals surface area (Å²) in [5.74, 6) is 1.51. The molecule has 0 aliphatic heterocycles. The van der Waals surface area contributed by atoms with Crippen LogP contribution in [0.3, 0.4) is 0 Å². The van der Waals surface area contributed by atoms with Crippen molar-refractivity contribution in [1.29, 1.82) is 0 Å². The van der Waals surface area contributed by atoms with Crippen molar-refractivity contribution in [2.24, 2.45) is 0 Å². The highest BCUT2D eigenvalue weighted by Crippen LogP contribution is 2.20. The molecule has 3 N–H and O–H groups in total. The van der Waals surface area contributed by atoms with Gasteiger partial charge in [-0.2, -0.15) is 0 Å². The van der Waals surface area contributed by atoms with E-state index in [1.165, 1.54) is 0 Å². The Morgan fingerprint density at radius 2 is 2.35 bits per heavy atom. The molecule has 23 heavy (non-hydrogen) atoms. The zero-order chi connectivity index (χ0) is 16.7. The normalized spacial score (nSPS) is 11.7. The second-order valence-electron chi connectivity index (χ2n) is 5.18. The van der Waals surface area contributed by atoms with Gasteiger partial charge in [-0.1, -0.05) is 13.3 Å². The molecule has 1 amide bonds. The molecule has 0 aliphatic rings. The maximum absolute atomic E-state index is 12.7. The highest BCUT2D eigenvalue weighted by atomic mass is 19.1. The number of carbonyl (C=O) groups is 1. The van der Waals surface area contributed by atoms with Gasteiger partial charge in [0.25, 0.3) is 0 Å². The first-order valence-electron chi connectivity index (χ1n) is 7.48. The number of benzene rings is 1. The molecule has 0 saturated heterocycles. The van der Waals surface area contributed by atoms with Gasteiger partial charge in [-0.25, -0.2) is 14.2 Å². The molecule has 0 saturated carbocycles. The van der Waals surface area contributed by atoms with Crippen LogP contribution in [0, 0.1) is 0 Å². The Morgan fingerprint density at radius 1 is 1.52 bits per heavy atom. The molecule has 0 aliphatic carbocycles. The molecule has 1 aromatic heterocycles. The van der Waals surface area contributed by atoms with E-state index in [4.69, 9.17) is 9.84 Å². The molecular formula is C16H20FN3O3. The van der Waals surface area contributed by atoms with E-state index >= 15 is 0 Å². The van der Waals surface area contributed by atoms with Crippen LogP contribution in [0.2, 0.25) is 0 Å².